The number of ether oxygens (including phenoxy) is 1. The Labute approximate surface area is 187 Å². The number of carboxylic acid groups (broad SMARTS) is 1. The Bertz CT molecular complexity index is 1090. The third-order valence-electron chi connectivity index (χ3n) is 5.28. The van der Waals surface area contributed by atoms with E-state index in [1.807, 2.05) is 13.0 Å². The summed E-state index contributed by atoms with van der Waals surface area (Å²) in [5, 5.41) is 9.30. The average Bonchev–Trinajstić information content (AvgIpc) is 2.76. The topological polar surface area (TPSA) is 120 Å². The van der Waals surface area contributed by atoms with Crippen LogP contribution in [-0.2, 0) is 21.5 Å². The van der Waals surface area contributed by atoms with Crippen LogP contribution in [0, 0.1) is 6.92 Å². The second-order valence-corrected chi connectivity index (χ2v) is 9.42. The number of carbonyl (C=O) groups is 2. The lowest BCUT2D eigenvalue weighted by molar-refractivity contribution is 0.0600. The summed E-state index contributed by atoms with van der Waals surface area (Å²) >= 11 is 0. The van der Waals surface area contributed by atoms with Crippen molar-refractivity contribution in [1.82, 2.24) is 14.2 Å². The SMILES string of the molecule is COC(=O)c1ccc(CN(c2cccc(C)c2)S(=O)(=O)N2CCN(C(=O)O)[C@H](C)C2)nc1. The molecule has 1 aliphatic rings. The minimum Gasteiger partial charge on any atom is -0.465 e. The zero-order chi connectivity index (χ0) is 23.5. The maximum absolute atomic E-state index is 13.6. The van der Waals surface area contributed by atoms with Gasteiger partial charge >= 0.3 is 22.3 Å². The molecule has 0 saturated carbocycles. The number of pyridine rings is 1. The van der Waals surface area contributed by atoms with Crippen molar-refractivity contribution < 1.29 is 27.9 Å². The van der Waals surface area contributed by atoms with Crippen molar-refractivity contribution in [2.45, 2.75) is 26.4 Å². The maximum atomic E-state index is 13.6. The van der Waals surface area contributed by atoms with E-state index in [1.54, 1.807) is 31.2 Å². The van der Waals surface area contributed by atoms with Gasteiger partial charge in [0.2, 0.25) is 0 Å². The average molecular weight is 463 g/mol. The van der Waals surface area contributed by atoms with E-state index in [-0.39, 0.29) is 31.7 Å². The summed E-state index contributed by atoms with van der Waals surface area (Å²) in [6, 6.07) is 9.73. The van der Waals surface area contributed by atoms with Crippen molar-refractivity contribution in [3.05, 3.63) is 59.4 Å². The molecular formula is C21H26N4O6S. The fourth-order valence-corrected chi connectivity index (χ4v) is 5.22. The van der Waals surface area contributed by atoms with Gasteiger partial charge in [-0.1, -0.05) is 12.1 Å². The first-order chi connectivity index (χ1) is 15.1. The highest BCUT2D eigenvalue weighted by molar-refractivity contribution is 7.90. The number of nitrogens with zero attached hydrogens (tertiary/aromatic N) is 4. The number of hydrogen-bond donors (Lipinski definition) is 1. The van der Waals surface area contributed by atoms with Crippen molar-refractivity contribution in [3.63, 3.8) is 0 Å². The molecule has 1 aliphatic heterocycles. The Morgan fingerprint density at radius 3 is 2.56 bits per heavy atom. The van der Waals surface area contributed by atoms with E-state index in [4.69, 9.17) is 0 Å². The molecule has 2 aromatic rings. The minimum atomic E-state index is -3.99. The maximum Gasteiger partial charge on any atom is 0.407 e. The van der Waals surface area contributed by atoms with Gasteiger partial charge in [0.1, 0.15) is 0 Å². The third kappa shape index (κ3) is 5.00. The smallest absolute Gasteiger partial charge is 0.407 e. The first-order valence-electron chi connectivity index (χ1n) is 10.0. The molecule has 1 N–H and O–H groups in total. The van der Waals surface area contributed by atoms with Gasteiger partial charge in [-0.2, -0.15) is 12.7 Å². The Kier molecular flexibility index (Phi) is 6.99. The summed E-state index contributed by atoms with van der Waals surface area (Å²) in [6.07, 6.45) is 0.274. The van der Waals surface area contributed by atoms with Gasteiger partial charge in [-0.25, -0.2) is 9.59 Å². The Morgan fingerprint density at radius 1 is 1.25 bits per heavy atom. The van der Waals surface area contributed by atoms with Crippen molar-refractivity contribution >= 4 is 28.0 Å². The molecule has 0 bridgehead atoms. The zero-order valence-electron chi connectivity index (χ0n) is 18.1. The number of rotatable bonds is 6. The van der Waals surface area contributed by atoms with Gasteiger partial charge in [-0.15, -0.1) is 0 Å². The van der Waals surface area contributed by atoms with E-state index >= 15 is 0 Å². The summed E-state index contributed by atoms with van der Waals surface area (Å²) < 4.78 is 34.5. The number of anilines is 1. The van der Waals surface area contributed by atoms with Crippen molar-refractivity contribution in [3.8, 4) is 0 Å². The normalized spacial score (nSPS) is 17.1. The molecule has 32 heavy (non-hydrogen) atoms. The van der Waals surface area contributed by atoms with Gasteiger partial charge in [0, 0.05) is 31.9 Å². The number of carbonyl (C=O) groups excluding carboxylic acids is 1. The highest BCUT2D eigenvalue weighted by Crippen LogP contribution is 2.26. The van der Waals surface area contributed by atoms with Crippen LogP contribution >= 0.6 is 0 Å². The van der Waals surface area contributed by atoms with Crippen molar-refractivity contribution in [2.75, 3.05) is 31.0 Å². The number of benzene rings is 1. The standard InChI is InChI=1S/C21H26N4O6S/c1-15-5-4-6-19(11-15)25(14-18-8-7-17(12-22-18)20(26)31-3)32(29,30)23-9-10-24(21(27)28)16(2)13-23/h4-8,11-12,16H,9-10,13-14H2,1-3H3,(H,27,28)/t16-/m1/s1. The Balaban J connectivity index is 1.92. The van der Waals surface area contributed by atoms with Gasteiger partial charge in [0.15, 0.2) is 0 Å². The second kappa shape index (κ2) is 9.53. The number of amides is 1. The van der Waals surface area contributed by atoms with E-state index in [0.717, 1.165) is 5.56 Å². The summed E-state index contributed by atoms with van der Waals surface area (Å²) in [5.41, 5.74) is 2.07. The molecule has 1 aromatic carbocycles. The molecule has 1 fully saturated rings. The van der Waals surface area contributed by atoms with Gasteiger partial charge < -0.3 is 14.7 Å². The molecule has 2 heterocycles. The van der Waals surface area contributed by atoms with Gasteiger partial charge in [-0.05, 0) is 43.7 Å². The molecule has 0 unspecified atom stereocenters. The van der Waals surface area contributed by atoms with Crippen LogP contribution in [-0.4, -0.2) is 72.6 Å². The molecule has 1 aromatic heterocycles. The van der Waals surface area contributed by atoms with E-state index in [1.165, 1.54) is 32.9 Å². The zero-order valence-corrected chi connectivity index (χ0v) is 18.9. The predicted octanol–water partition coefficient (Wildman–Crippen LogP) is 2.11. The minimum absolute atomic E-state index is 0.0473. The summed E-state index contributed by atoms with van der Waals surface area (Å²) in [4.78, 5) is 28.5. The van der Waals surface area contributed by atoms with Crippen LogP contribution < -0.4 is 4.31 Å². The molecule has 1 saturated heterocycles. The molecule has 3 rings (SSSR count). The fourth-order valence-electron chi connectivity index (χ4n) is 3.55. The van der Waals surface area contributed by atoms with E-state index in [9.17, 15) is 23.1 Å². The lowest BCUT2D eigenvalue weighted by atomic mass is 10.2. The van der Waals surface area contributed by atoms with Crippen molar-refractivity contribution in [2.24, 2.45) is 0 Å². The van der Waals surface area contributed by atoms with Gasteiger partial charge in [0.25, 0.3) is 0 Å². The number of methoxy groups -OCH3 is 1. The summed E-state index contributed by atoms with van der Waals surface area (Å²) in [5.74, 6) is -0.530. The fraction of sp³-hybridized carbons (Fsp3) is 0.381. The van der Waals surface area contributed by atoms with E-state index < -0.39 is 28.3 Å². The van der Waals surface area contributed by atoms with Gasteiger partial charge in [0.05, 0.1) is 30.6 Å². The predicted molar refractivity (Wildman–Crippen MR) is 118 cm³/mol. The van der Waals surface area contributed by atoms with Crippen LogP contribution in [0.15, 0.2) is 42.6 Å². The van der Waals surface area contributed by atoms with Gasteiger partial charge in [-0.3, -0.25) is 9.29 Å². The number of aryl methyl sites for hydroxylation is 1. The van der Waals surface area contributed by atoms with E-state index in [0.29, 0.717) is 11.4 Å². The third-order valence-corrected chi connectivity index (χ3v) is 7.16. The molecule has 11 heteroatoms. The van der Waals surface area contributed by atoms with Crippen LogP contribution in [0.5, 0.6) is 0 Å². The number of aromatic nitrogens is 1. The van der Waals surface area contributed by atoms with Crippen LogP contribution in [0.3, 0.4) is 0 Å². The van der Waals surface area contributed by atoms with E-state index in [2.05, 4.69) is 9.72 Å². The largest absolute Gasteiger partial charge is 0.465 e. The molecule has 1 atom stereocenters. The monoisotopic (exact) mass is 462 g/mol. The van der Waals surface area contributed by atoms with Crippen LogP contribution in [0.1, 0.15) is 28.5 Å². The number of esters is 1. The second-order valence-electron chi connectivity index (χ2n) is 7.57. The highest BCUT2D eigenvalue weighted by Gasteiger charge is 2.37. The molecule has 1 amide bonds. The van der Waals surface area contributed by atoms with Crippen LogP contribution in [0.4, 0.5) is 10.5 Å². The van der Waals surface area contributed by atoms with Crippen molar-refractivity contribution in [1.29, 1.82) is 0 Å². The Hall–Kier alpha value is -3.18. The summed E-state index contributed by atoms with van der Waals surface area (Å²) in [6.45, 7) is 3.68. The molecule has 172 valence electrons. The Morgan fingerprint density at radius 2 is 2.00 bits per heavy atom. The molecule has 0 aliphatic carbocycles. The van der Waals surface area contributed by atoms with Crippen LogP contribution in [0.25, 0.3) is 0 Å². The first-order valence-corrected chi connectivity index (χ1v) is 11.4. The van der Waals surface area contributed by atoms with Crippen LogP contribution in [0.2, 0.25) is 0 Å². The molecule has 0 spiro atoms. The highest BCUT2D eigenvalue weighted by atomic mass is 32.2. The quantitative estimate of drug-likeness (QED) is 0.653. The number of piperazine rings is 1. The first kappa shape index (κ1) is 23.5. The molecular weight excluding hydrogens is 436 g/mol. The molecule has 0 radical (unpaired) electrons. The lowest BCUT2D eigenvalue weighted by Crippen LogP contribution is -2.57. The lowest BCUT2D eigenvalue weighted by Gasteiger charge is -2.39. The summed E-state index contributed by atoms with van der Waals surface area (Å²) in [7, 11) is -2.72. The molecule has 10 nitrogen and oxygen atoms in total. The number of hydrogen-bond acceptors (Lipinski definition) is 6.